The fourth-order valence-corrected chi connectivity index (χ4v) is 3.88. The van der Waals surface area contributed by atoms with Gasteiger partial charge in [0.1, 0.15) is 5.58 Å². The van der Waals surface area contributed by atoms with Gasteiger partial charge in [-0.15, -0.1) is 0 Å². The Hall–Kier alpha value is -3.34. The number of hydrogen-bond acceptors (Lipinski definition) is 4. The van der Waals surface area contributed by atoms with E-state index in [1.165, 1.54) is 12.8 Å². The lowest BCUT2D eigenvalue weighted by molar-refractivity contribution is 0.102. The average Bonchev–Trinajstić information content (AvgIpc) is 3.38. The summed E-state index contributed by atoms with van der Waals surface area (Å²) in [5.74, 6) is 0.554. The zero-order valence-corrected chi connectivity index (χ0v) is 15.4. The fourth-order valence-electron chi connectivity index (χ4n) is 3.88. The van der Waals surface area contributed by atoms with Crippen LogP contribution >= 0.6 is 0 Å². The van der Waals surface area contributed by atoms with E-state index in [-0.39, 0.29) is 12.0 Å². The third-order valence-electron chi connectivity index (χ3n) is 5.28. The molecule has 1 aliphatic rings. The van der Waals surface area contributed by atoms with Crippen molar-refractivity contribution in [2.75, 3.05) is 5.32 Å². The molecule has 0 bridgehead atoms. The topological polar surface area (TPSA) is 64.4 Å². The molecule has 1 fully saturated rings. The van der Waals surface area contributed by atoms with Gasteiger partial charge in [-0.05, 0) is 56.0 Å². The Morgan fingerprint density at radius 3 is 2.64 bits per heavy atom. The molecular formula is C23H20N2O3. The highest BCUT2D eigenvalue weighted by Crippen LogP contribution is 2.40. The molecule has 2 aromatic heterocycles. The van der Waals surface area contributed by atoms with Crippen molar-refractivity contribution in [2.24, 2.45) is 0 Å². The zero-order chi connectivity index (χ0) is 18.9. The SMILES string of the molecule is O=C(Nc1ccc(OC2CCCC2)c2oc3ccccc3c12)c1ccncc1. The van der Waals surface area contributed by atoms with E-state index in [1.807, 2.05) is 36.4 Å². The van der Waals surface area contributed by atoms with Crippen molar-refractivity contribution in [1.29, 1.82) is 0 Å². The minimum atomic E-state index is -0.182. The molecule has 28 heavy (non-hydrogen) atoms. The highest BCUT2D eigenvalue weighted by atomic mass is 16.5. The van der Waals surface area contributed by atoms with Crippen LogP contribution in [0.15, 0.2) is 65.3 Å². The number of ether oxygens (including phenoxy) is 1. The first-order valence-electron chi connectivity index (χ1n) is 9.62. The molecular weight excluding hydrogens is 352 g/mol. The fraction of sp³-hybridized carbons (Fsp3) is 0.217. The summed E-state index contributed by atoms with van der Waals surface area (Å²) >= 11 is 0. The summed E-state index contributed by atoms with van der Waals surface area (Å²) in [4.78, 5) is 16.6. The monoisotopic (exact) mass is 372 g/mol. The number of nitrogens with one attached hydrogen (secondary N) is 1. The second-order valence-corrected chi connectivity index (χ2v) is 7.13. The Kier molecular flexibility index (Phi) is 4.20. The standard InChI is InChI=1S/C23H20N2O3/c26-23(15-11-13-24-14-12-15)25-18-9-10-20(27-16-5-1-2-6-16)22-21(18)17-7-3-4-8-19(17)28-22/h3-4,7-14,16H,1-2,5-6H2,(H,25,26). The van der Waals surface area contributed by atoms with Gasteiger partial charge in [0.15, 0.2) is 11.3 Å². The molecule has 140 valence electrons. The highest BCUT2D eigenvalue weighted by molar-refractivity contribution is 6.17. The molecule has 2 aromatic carbocycles. The van der Waals surface area contributed by atoms with E-state index < -0.39 is 0 Å². The molecule has 0 spiro atoms. The summed E-state index contributed by atoms with van der Waals surface area (Å²) in [7, 11) is 0. The zero-order valence-electron chi connectivity index (χ0n) is 15.4. The maximum Gasteiger partial charge on any atom is 0.255 e. The lowest BCUT2D eigenvalue weighted by Gasteiger charge is -2.14. The van der Waals surface area contributed by atoms with Crippen LogP contribution in [0.25, 0.3) is 21.9 Å². The summed E-state index contributed by atoms with van der Waals surface area (Å²) in [5, 5.41) is 4.84. The van der Waals surface area contributed by atoms with E-state index in [9.17, 15) is 4.79 Å². The molecule has 0 unspecified atom stereocenters. The number of hydrogen-bond donors (Lipinski definition) is 1. The van der Waals surface area contributed by atoms with Crippen LogP contribution in [0.4, 0.5) is 5.69 Å². The first-order valence-corrected chi connectivity index (χ1v) is 9.62. The first-order chi connectivity index (χ1) is 13.8. The highest BCUT2D eigenvalue weighted by Gasteiger charge is 2.22. The molecule has 4 aromatic rings. The van der Waals surface area contributed by atoms with Crippen molar-refractivity contribution < 1.29 is 13.9 Å². The second-order valence-electron chi connectivity index (χ2n) is 7.13. The van der Waals surface area contributed by atoms with Gasteiger partial charge >= 0.3 is 0 Å². The van der Waals surface area contributed by atoms with Crippen LogP contribution in [0.5, 0.6) is 5.75 Å². The molecule has 1 aliphatic carbocycles. The first kappa shape index (κ1) is 16.8. The Balaban J connectivity index is 1.60. The van der Waals surface area contributed by atoms with Crippen molar-refractivity contribution in [3.8, 4) is 5.75 Å². The van der Waals surface area contributed by atoms with E-state index >= 15 is 0 Å². The van der Waals surface area contributed by atoms with Gasteiger partial charge in [0.2, 0.25) is 0 Å². The third-order valence-corrected chi connectivity index (χ3v) is 5.28. The number of furan rings is 1. The van der Waals surface area contributed by atoms with Gasteiger partial charge in [0, 0.05) is 23.3 Å². The Morgan fingerprint density at radius 2 is 1.82 bits per heavy atom. The van der Waals surface area contributed by atoms with E-state index in [1.54, 1.807) is 24.5 Å². The van der Waals surface area contributed by atoms with E-state index in [4.69, 9.17) is 9.15 Å². The van der Waals surface area contributed by atoms with E-state index in [0.717, 1.165) is 34.9 Å². The maximum absolute atomic E-state index is 12.7. The number of nitrogens with zero attached hydrogens (tertiary/aromatic N) is 1. The number of fused-ring (bicyclic) bond motifs is 3. The predicted molar refractivity (Wildman–Crippen MR) is 109 cm³/mol. The normalized spacial score (nSPS) is 14.6. The molecule has 5 nitrogen and oxygen atoms in total. The van der Waals surface area contributed by atoms with Gasteiger partial charge < -0.3 is 14.5 Å². The Bertz CT molecular complexity index is 1140. The molecule has 5 heteroatoms. The van der Waals surface area contributed by atoms with Gasteiger partial charge in [-0.3, -0.25) is 9.78 Å². The lowest BCUT2D eigenvalue weighted by Crippen LogP contribution is -2.13. The molecule has 1 amide bonds. The maximum atomic E-state index is 12.7. The van der Waals surface area contributed by atoms with Crippen molar-refractivity contribution in [2.45, 2.75) is 31.8 Å². The lowest BCUT2D eigenvalue weighted by atomic mass is 10.1. The third kappa shape index (κ3) is 2.99. The largest absolute Gasteiger partial charge is 0.486 e. The van der Waals surface area contributed by atoms with Crippen LogP contribution in [0, 0.1) is 0 Å². The predicted octanol–water partition coefficient (Wildman–Crippen LogP) is 5.55. The van der Waals surface area contributed by atoms with Crippen molar-refractivity contribution in [3.63, 3.8) is 0 Å². The quantitative estimate of drug-likeness (QED) is 0.510. The molecule has 0 radical (unpaired) electrons. The molecule has 0 atom stereocenters. The number of pyridine rings is 1. The van der Waals surface area contributed by atoms with Gasteiger partial charge in [0.25, 0.3) is 5.91 Å². The average molecular weight is 372 g/mol. The molecule has 2 heterocycles. The van der Waals surface area contributed by atoms with Crippen molar-refractivity contribution >= 4 is 33.5 Å². The number of para-hydroxylation sites is 1. The molecule has 0 saturated heterocycles. The van der Waals surface area contributed by atoms with Crippen LogP contribution in [-0.4, -0.2) is 17.0 Å². The summed E-state index contributed by atoms with van der Waals surface area (Å²) in [6.07, 6.45) is 7.99. The minimum absolute atomic E-state index is 0.182. The molecule has 0 aliphatic heterocycles. The van der Waals surface area contributed by atoms with E-state index in [2.05, 4.69) is 10.3 Å². The Morgan fingerprint density at radius 1 is 1.04 bits per heavy atom. The van der Waals surface area contributed by atoms with E-state index in [0.29, 0.717) is 16.8 Å². The number of rotatable bonds is 4. The smallest absolute Gasteiger partial charge is 0.255 e. The molecule has 1 N–H and O–H groups in total. The number of benzene rings is 2. The van der Waals surface area contributed by atoms with Crippen LogP contribution in [0.1, 0.15) is 36.0 Å². The molecule has 5 rings (SSSR count). The summed E-state index contributed by atoms with van der Waals surface area (Å²) in [6.45, 7) is 0. The summed E-state index contributed by atoms with van der Waals surface area (Å²) in [5.41, 5.74) is 2.72. The number of carbonyl (C=O) groups excluding carboxylic acids is 1. The second kappa shape index (κ2) is 7.00. The van der Waals surface area contributed by atoms with Gasteiger partial charge in [-0.25, -0.2) is 0 Å². The van der Waals surface area contributed by atoms with Crippen molar-refractivity contribution in [1.82, 2.24) is 4.98 Å². The number of anilines is 1. The van der Waals surface area contributed by atoms with Gasteiger partial charge in [0.05, 0.1) is 17.2 Å². The number of amides is 1. The number of aromatic nitrogens is 1. The van der Waals surface area contributed by atoms with Crippen LogP contribution < -0.4 is 10.1 Å². The minimum Gasteiger partial charge on any atom is -0.486 e. The van der Waals surface area contributed by atoms with Gasteiger partial charge in [-0.1, -0.05) is 18.2 Å². The van der Waals surface area contributed by atoms with Crippen LogP contribution in [-0.2, 0) is 0 Å². The molecule has 1 saturated carbocycles. The van der Waals surface area contributed by atoms with Crippen LogP contribution in [0.2, 0.25) is 0 Å². The van der Waals surface area contributed by atoms with Crippen molar-refractivity contribution in [3.05, 3.63) is 66.5 Å². The van der Waals surface area contributed by atoms with Gasteiger partial charge in [-0.2, -0.15) is 0 Å². The summed E-state index contributed by atoms with van der Waals surface area (Å²) < 4.78 is 12.4. The summed E-state index contributed by atoms with van der Waals surface area (Å²) in [6, 6.07) is 15.0. The number of carbonyl (C=O) groups is 1. The van der Waals surface area contributed by atoms with Crippen LogP contribution in [0.3, 0.4) is 0 Å². The Labute approximate surface area is 162 Å².